The minimum Gasteiger partial charge on any atom is -0.492 e. The van der Waals surface area contributed by atoms with Crippen LogP contribution in [0.15, 0.2) is 58.8 Å². The molecule has 0 atom stereocenters. The fourth-order valence-electron chi connectivity index (χ4n) is 3.55. The third-order valence-electron chi connectivity index (χ3n) is 5.08. The number of carbonyl (C=O) groups excluding carboxylic acids is 1. The summed E-state index contributed by atoms with van der Waals surface area (Å²) in [7, 11) is -4.04. The summed E-state index contributed by atoms with van der Waals surface area (Å²) >= 11 is 13.0. The van der Waals surface area contributed by atoms with Crippen molar-refractivity contribution in [1.82, 2.24) is 9.29 Å². The van der Waals surface area contributed by atoms with Crippen molar-refractivity contribution in [3.05, 3.63) is 80.8 Å². The van der Waals surface area contributed by atoms with Gasteiger partial charge in [0.2, 0.25) is 0 Å². The van der Waals surface area contributed by atoms with E-state index in [0.717, 1.165) is 33.4 Å². The molecule has 4 aromatic rings. The lowest BCUT2D eigenvalue weighted by molar-refractivity contribution is 0.0972. The molecule has 172 valence electrons. The van der Waals surface area contributed by atoms with Crippen LogP contribution in [0.1, 0.15) is 21.6 Å². The summed E-state index contributed by atoms with van der Waals surface area (Å²) in [5.74, 6) is -0.0529. The van der Waals surface area contributed by atoms with Crippen molar-refractivity contribution in [3.8, 4) is 5.75 Å². The van der Waals surface area contributed by atoms with Crippen LogP contribution in [0.2, 0.25) is 9.36 Å². The minimum absolute atomic E-state index is 0.0275. The van der Waals surface area contributed by atoms with Crippen LogP contribution in [-0.4, -0.2) is 25.5 Å². The standard InChI is InChI=1S/C23H20Cl2N2O4S2/c1-14-11-17(12-15(2)22(14)25)31-10-9-27-18-6-4-3-5-16(18)13-19(27)23(28)26-33(29,30)21-8-7-20(24)32-21/h3-8,11-13H,9-10H2,1-2H3,(H,26,28). The van der Waals surface area contributed by atoms with Crippen molar-refractivity contribution in [1.29, 1.82) is 0 Å². The number of thiophene rings is 1. The van der Waals surface area contributed by atoms with Gasteiger partial charge in [-0.05, 0) is 61.4 Å². The molecule has 1 amide bonds. The zero-order chi connectivity index (χ0) is 23.8. The van der Waals surface area contributed by atoms with Gasteiger partial charge in [-0.3, -0.25) is 4.79 Å². The molecule has 0 unspecified atom stereocenters. The Balaban J connectivity index is 1.58. The van der Waals surface area contributed by atoms with Crippen molar-refractivity contribution in [3.63, 3.8) is 0 Å². The van der Waals surface area contributed by atoms with E-state index in [1.165, 1.54) is 12.1 Å². The lowest BCUT2D eigenvalue weighted by Gasteiger charge is -2.13. The summed E-state index contributed by atoms with van der Waals surface area (Å²) in [5.41, 5.74) is 2.84. The quantitative estimate of drug-likeness (QED) is 0.331. The van der Waals surface area contributed by atoms with Crippen LogP contribution in [0.3, 0.4) is 0 Å². The normalized spacial score (nSPS) is 11.6. The Morgan fingerprint density at radius 2 is 1.76 bits per heavy atom. The molecule has 0 spiro atoms. The highest BCUT2D eigenvalue weighted by Gasteiger charge is 2.23. The summed E-state index contributed by atoms with van der Waals surface area (Å²) in [6, 6.07) is 15.7. The van der Waals surface area contributed by atoms with Crippen LogP contribution in [-0.2, 0) is 16.6 Å². The average Bonchev–Trinajstić information content (AvgIpc) is 3.36. The van der Waals surface area contributed by atoms with Gasteiger partial charge in [0.05, 0.1) is 10.9 Å². The molecular formula is C23H20Cl2N2O4S2. The van der Waals surface area contributed by atoms with Crippen LogP contribution in [0.25, 0.3) is 10.9 Å². The van der Waals surface area contributed by atoms with Gasteiger partial charge in [-0.15, -0.1) is 11.3 Å². The van der Waals surface area contributed by atoms with Gasteiger partial charge in [0.1, 0.15) is 22.3 Å². The number of hydrogen-bond acceptors (Lipinski definition) is 5. The predicted octanol–water partition coefficient (Wildman–Crippen LogP) is 5.82. The maximum atomic E-state index is 13.0. The molecule has 2 aromatic heterocycles. The molecule has 0 bridgehead atoms. The largest absolute Gasteiger partial charge is 0.492 e. The third-order valence-corrected chi connectivity index (χ3v) is 8.73. The zero-order valence-corrected chi connectivity index (χ0v) is 20.9. The Morgan fingerprint density at radius 1 is 1.06 bits per heavy atom. The van der Waals surface area contributed by atoms with Crippen LogP contribution in [0, 0.1) is 13.8 Å². The first kappa shape index (κ1) is 23.6. The summed E-state index contributed by atoms with van der Waals surface area (Å²) in [6.45, 7) is 4.42. The Hall–Kier alpha value is -2.52. The number of amides is 1. The number of benzene rings is 2. The molecule has 10 heteroatoms. The highest BCUT2D eigenvalue weighted by molar-refractivity contribution is 7.92. The molecule has 1 N–H and O–H groups in total. The highest BCUT2D eigenvalue weighted by Crippen LogP contribution is 2.27. The van der Waals surface area contributed by atoms with E-state index in [4.69, 9.17) is 27.9 Å². The van der Waals surface area contributed by atoms with E-state index in [9.17, 15) is 13.2 Å². The Bertz CT molecular complexity index is 1440. The predicted molar refractivity (Wildman–Crippen MR) is 132 cm³/mol. The van der Waals surface area contributed by atoms with Gasteiger partial charge in [-0.25, -0.2) is 13.1 Å². The number of sulfonamides is 1. The van der Waals surface area contributed by atoms with Crippen molar-refractivity contribution in [2.45, 2.75) is 24.6 Å². The molecule has 0 fully saturated rings. The van der Waals surface area contributed by atoms with Gasteiger partial charge < -0.3 is 9.30 Å². The topological polar surface area (TPSA) is 77.4 Å². The number of ether oxygens (including phenoxy) is 1. The Kier molecular flexibility index (Phi) is 6.72. The molecule has 2 heterocycles. The molecule has 6 nitrogen and oxygen atoms in total. The van der Waals surface area contributed by atoms with E-state index in [1.807, 2.05) is 50.2 Å². The number of nitrogens with zero attached hydrogens (tertiary/aromatic N) is 1. The molecule has 0 saturated carbocycles. The number of para-hydroxylation sites is 1. The van der Waals surface area contributed by atoms with Gasteiger partial charge in [0.15, 0.2) is 0 Å². The maximum absolute atomic E-state index is 13.0. The number of carbonyl (C=O) groups is 1. The van der Waals surface area contributed by atoms with E-state index < -0.39 is 15.9 Å². The summed E-state index contributed by atoms with van der Waals surface area (Å²) in [5, 5.41) is 1.52. The van der Waals surface area contributed by atoms with Crippen LogP contribution < -0.4 is 9.46 Å². The second-order valence-electron chi connectivity index (χ2n) is 7.45. The summed E-state index contributed by atoms with van der Waals surface area (Å²) in [6.07, 6.45) is 0. The number of nitrogens with one attached hydrogen (secondary N) is 1. The van der Waals surface area contributed by atoms with Crippen molar-refractivity contribution in [2.24, 2.45) is 0 Å². The molecule has 4 rings (SSSR count). The summed E-state index contributed by atoms with van der Waals surface area (Å²) in [4.78, 5) is 13.0. The van der Waals surface area contributed by atoms with Crippen LogP contribution >= 0.6 is 34.5 Å². The number of rotatable bonds is 7. The third kappa shape index (κ3) is 5.04. The maximum Gasteiger partial charge on any atom is 0.281 e. The fourth-order valence-corrected chi connectivity index (χ4v) is 6.10. The molecule has 0 saturated heterocycles. The first-order valence-electron chi connectivity index (χ1n) is 9.96. The molecule has 0 aliphatic carbocycles. The zero-order valence-electron chi connectivity index (χ0n) is 17.8. The molecule has 2 aromatic carbocycles. The number of halogens is 2. The highest BCUT2D eigenvalue weighted by atomic mass is 35.5. The van der Waals surface area contributed by atoms with Crippen LogP contribution in [0.5, 0.6) is 5.75 Å². The molecule has 33 heavy (non-hydrogen) atoms. The van der Waals surface area contributed by atoms with Gasteiger partial charge >= 0.3 is 0 Å². The number of hydrogen-bond donors (Lipinski definition) is 1. The van der Waals surface area contributed by atoms with E-state index in [2.05, 4.69) is 4.72 Å². The number of aryl methyl sites for hydroxylation is 2. The lowest BCUT2D eigenvalue weighted by Crippen LogP contribution is -2.32. The average molecular weight is 523 g/mol. The molecule has 0 aliphatic rings. The van der Waals surface area contributed by atoms with Crippen LogP contribution in [0.4, 0.5) is 0 Å². The molecule has 0 aliphatic heterocycles. The minimum atomic E-state index is -4.04. The Labute approximate surface area is 205 Å². The van der Waals surface area contributed by atoms with Gasteiger partial charge in [-0.2, -0.15) is 0 Å². The van der Waals surface area contributed by atoms with E-state index in [-0.39, 0.29) is 16.5 Å². The van der Waals surface area contributed by atoms with Crippen molar-refractivity contribution >= 4 is 61.4 Å². The first-order valence-corrected chi connectivity index (χ1v) is 13.0. The number of fused-ring (bicyclic) bond motifs is 1. The first-order chi connectivity index (χ1) is 15.7. The van der Waals surface area contributed by atoms with Gasteiger partial charge in [0, 0.05) is 15.9 Å². The van der Waals surface area contributed by atoms with Gasteiger partial charge in [-0.1, -0.05) is 41.4 Å². The van der Waals surface area contributed by atoms with E-state index in [1.54, 1.807) is 10.6 Å². The Morgan fingerprint density at radius 3 is 2.42 bits per heavy atom. The van der Waals surface area contributed by atoms with Crippen molar-refractivity contribution < 1.29 is 17.9 Å². The monoisotopic (exact) mass is 522 g/mol. The smallest absolute Gasteiger partial charge is 0.281 e. The fraction of sp³-hybridized carbons (Fsp3) is 0.174. The van der Waals surface area contributed by atoms with E-state index >= 15 is 0 Å². The summed E-state index contributed by atoms with van der Waals surface area (Å²) < 4.78 is 35.3. The molecule has 0 radical (unpaired) electrons. The second kappa shape index (κ2) is 9.38. The van der Waals surface area contributed by atoms with E-state index in [0.29, 0.717) is 21.7 Å². The van der Waals surface area contributed by atoms with Gasteiger partial charge in [0.25, 0.3) is 15.9 Å². The SMILES string of the molecule is Cc1cc(OCCn2c(C(=O)NS(=O)(=O)c3ccc(Cl)s3)cc3ccccc32)cc(C)c1Cl. The molecular weight excluding hydrogens is 503 g/mol. The number of aromatic nitrogens is 1. The second-order valence-corrected chi connectivity index (χ2v) is 11.5. The van der Waals surface area contributed by atoms with Crippen molar-refractivity contribution in [2.75, 3.05) is 6.61 Å². The lowest BCUT2D eigenvalue weighted by atomic mass is 10.1.